The normalized spacial score (nSPS) is 10.5. The first-order chi connectivity index (χ1) is 8.33. The smallest absolute Gasteiger partial charge is 0.0910 e. The number of benzene rings is 1. The first-order valence-corrected chi connectivity index (χ1v) is 5.84. The Kier molecular flexibility index (Phi) is 3.77. The molecule has 0 saturated heterocycles. The molecule has 17 heavy (non-hydrogen) atoms. The molecular weight excluding hydrogens is 212 g/mol. The van der Waals surface area contributed by atoms with Gasteiger partial charge in [0.15, 0.2) is 0 Å². The summed E-state index contributed by atoms with van der Waals surface area (Å²) in [7, 11) is 1.95. The molecular formula is C13H18N4. The molecule has 1 aromatic heterocycles. The highest BCUT2D eigenvalue weighted by atomic mass is 15.3. The number of nitrogens with one attached hydrogen (secondary N) is 1. The molecule has 1 aromatic carbocycles. The number of nitrogens with two attached hydrogens (primary N) is 1. The lowest BCUT2D eigenvalue weighted by molar-refractivity contribution is 0.776. The largest absolute Gasteiger partial charge is 0.382 e. The summed E-state index contributed by atoms with van der Waals surface area (Å²) in [5, 5.41) is 7.66. The third-order valence-electron chi connectivity index (χ3n) is 2.68. The molecule has 3 N–H and O–H groups in total. The lowest BCUT2D eigenvalue weighted by atomic mass is 10.1. The number of aryl methyl sites for hydroxylation is 1. The minimum Gasteiger partial charge on any atom is -0.382 e. The van der Waals surface area contributed by atoms with Crippen LogP contribution in [-0.2, 0) is 7.05 Å². The molecule has 0 unspecified atom stereocenters. The van der Waals surface area contributed by atoms with E-state index in [1.807, 2.05) is 36.1 Å². The van der Waals surface area contributed by atoms with Crippen molar-refractivity contribution in [3.63, 3.8) is 0 Å². The molecule has 0 aliphatic rings. The minimum absolute atomic E-state index is 0.702. The molecule has 0 atom stereocenters. The Morgan fingerprint density at radius 3 is 2.76 bits per heavy atom. The van der Waals surface area contributed by atoms with Crippen molar-refractivity contribution in [3.05, 3.63) is 36.5 Å². The summed E-state index contributed by atoms with van der Waals surface area (Å²) < 4.78 is 1.89. The van der Waals surface area contributed by atoms with E-state index in [4.69, 9.17) is 5.73 Å². The highest BCUT2D eigenvalue weighted by Gasteiger charge is 2.09. The van der Waals surface area contributed by atoms with Crippen LogP contribution in [0, 0.1) is 0 Å². The number of anilines is 1. The Hall–Kier alpha value is -1.81. The molecule has 0 aliphatic carbocycles. The van der Waals surface area contributed by atoms with Gasteiger partial charge >= 0.3 is 0 Å². The summed E-state index contributed by atoms with van der Waals surface area (Å²) in [6.07, 6.45) is 2.82. The standard InChI is InChI=1S/C13H18N4/c1-17-13(11-6-3-2-4-7-11)12(10-16-17)15-9-5-8-14/h2-4,6-7,10,15H,5,8-9,14H2,1H3. The lowest BCUT2D eigenvalue weighted by Crippen LogP contribution is -2.08. The van der Waals surface area contributed by atoms with Gasteiger partial charge in [0.1, 0.15) is 0 Å². The van der Waals surface area contributed by atoms with E-state index in [0.29, 0.717) is 6.54 Å². The van der Waals surface area contributed by atoms with Crippen molar-refractivity contribution in [2.45, 2.75) is 6.42 Å². The van der Waals surface area contributed by atoms with Crippen molar-refractivity contribution in [2.24, 2.45) is 12.8 Å². The topological polar surface area (TPSA) is 55.9 Å². The fraction of sp³-hybridized carbons (Fsp3) is 0.308. The van der Waals surface area contributed by atoms with Crippen LogP contribution in [0.3, 0.4) is 0 Å². The van der Waals surface area contributed by atoms with E-state index in [2.05, 4.69) is 22.5 Å². The van der Waals surface area contributed by atoms with Gasteiger partial charge in [0, 0.05) is 19.2 Å². The highest BCUT2D eigenvalue weighted by Crippen LogP contribution is 2.26. The predicted molar refractivity (Wildman–Crippen MR) is 70.8 cm³/mol. The van der Waals surface area contributed by atoms with Crippen LogP contribution in [0.4, 0.5) is 5.69 Å². The maximum Gasteiger partial charge on any atom is 0.0910 e. The van der Waals surface area contributed by atoms with Gasteiger partial charge in [-0.05, 0) is 13.0 Å². The van der Waals surface area contributed by atoms with E-state index in [-0.39, 0.29) is 0 Å². The number of nitrogens with zero attached hydrogens (tertiary/aromatic N) is 2. The minimum atomic E-state index is 0.702. The molecule has 4 nitrogen and oxygen atoms in total. The molecule has 0 aliphatic heterocycles. The van der Waals surface area contributed by atoms with Crippen LogP contribution in [-0.4, -0.2) is 22.9 Å². The average Bonchev–Trinajstić information content (AvgIpc) is 2.72. The van der Waals surface area contributed by atoms with Crippen LogP contribution in [0.1, 0.15) is 6.42 Å². The zero-order chi connectivity index (χ0) is 12.1. The van der Waals surface area contributed by atoms with Crippen molar-refractivity contribution < 1.29 is 0 Å². The molecule has 0 saturated carbocycles. The quantitative estimate of drug-likeness (QED) is 0.771. The van der Waals surface area contributed by atoms with Crippen LogP contribution in [0.5, 0.6) is 0 Å². The number of hydrogen-bond donors (Lipinski definition) is 2. The van der Waals surface area contributed by atoms with Crippen molar-refractivity contribution >= 4 is 5.69 Å². The molecule has 2 rings (SSSR count). The van der Waals surface area contributed by atoms with Gasteiger partial charge < -0.3 is 11.1 Å². The highest BCUT2D eigenvalue weighted by molar-refractivity contribution is 5.74. The number of rotatable bonds is 5. The molecule has 1 heterocycles. The summed E-state index contributed by atoms with van der Waals surface area (Å²) in [6, 6.07) is 10.3. The van der Waals surface area contributed by atoms with Crippen LogP contribution < -0.4 is 11.1 Å². The second kappa shape index (κ2) is 5.50. The fourth-order valence-electron chi connectivity index (χ4n) is 1.83. The van der Waals surface area contributed by atoms with E-state index >= 15 is 0 Å². The second-order valence-electron chi connectivity index (χ2n) is 3.97. The molecule has 90 valence electrons. The van der Waals surface area contributed by atoms with E-state index in [9.17, 15) is 0 Å². The van der Waals surface area contributed by atoms with E-state index < -0.39 is 0 Å². The first-order valence-electron chi connectivity index (χ1n) is 5.84. The Labute approximate surface area is 101 Å². The van der Waals surface area contributed by atoms with Gasteiger partial charge in [-0.3, -0.25) is 4.68 Å². The fourth-order valence-corrected chi connectivity index (χ4v) is 1.83. The van der Waals surface area contributed by atoms with E-state index in [1.54, 1.807) is 0 Å². The first kappa shape index (κ1) is 11.7. The maximum absolute atomic E-state index is 5.49. The molecule has 0 spiro atoms. The number of aromatic nitrogens is 2. The Morgan fingerprint density at radius 1 is 1.29 bits per heavy atom. The van der Waals surface area contributed by atoms with Crippen molar-refractivity contribution in [3.8, 4) is 11.3 Å². The Bertz CT molecular complexity index is 462. The van der Waals surface area contributed by atoms with Gasteiger partial charge in [0.25, 0.3) is 0 Å². The van der Waals surface area contributed by atoms with Crippen molar-refractivity contribution in [2.75, 3.05) is 18.4 Å². The van der Waals surface area contributed by atoms with Gasteiger partial charge in [-0.2, -0.15) is 5.10 Å². The van der Waals surface area contributed by atoms with Gasteiger partial charge in [-0.25, -0.2) is 0 Å². The van der Waals surface area contributed by atoms with Crippen molar-refractivity contribution in [1.29, 1.82) is 0 Å². The monoisotopic (exact) mass is 230 g/mol. The SMILES string of the molecule is Cn1ncc(NCCCN)c1-c1ccccc1. The second-order valence-corrected chi connectivity index (χ2v) is 3.97. The Balaban J connectivity index is 2.24. The average molecular weight is 230 g/mol. The maximum atomic E-state index is 5.49. The zero-order valence-corrected chi connectivity index (χ0v) is 10.1. The van der Waals surface area contributed by atoms with Crippen LogP contribution >= 0.6 is 0 Å². The van der Waals surface area contributed by atoms with Crippen molar-refractivity contribution in [1.82, 2.24) is 9.78 Å². The van der Waals surface area contributed by atoms with Gasteiger partial charge in [0.2, 0.25) is 0 Å². The van der Waals surface area contributed by atoms with Crippen LogP contribution in [0.2, 0.25) is 0 Å². The zero-order valence-electron chi connectivity index (χ0n) is 10.1. The summed E-state index contributed by atoms with van der Waals surface area (Å²) in [5.41, 5.74) is 8.83. The van der Waals surface area contributed by atoms with Gasteiger partial charge in [-0.1, -0.05) is 30.3 Å². The van der Waals surface area contributed by atoms with Crippen LogP contribution in [0.15, 0.2) is 36.5 Å². The molecule has 4 heteroatoms. The molecule has 0 fully saturated rings. The summed E-state index contributed by atoms with van der Waals surface area (Å²) in [4.78, 5) is 0. The molecule has 2 aromatic rings. The summed E-state index contributed by atoms with van der Waals surface area (Å²) in [5.74, 6) is 0. The van der Waals surface area contributed by atoms with Crippen LogP contribution in [0.25, 0.3) is 11.3 Å². The summed E-state index contributed by atoms with van der Waals surface area (Å²) in [6.45, 7) is 1.58. The molecule has 0 bridgehead atoms. The van der Waals surface area contributed by atoms with E-state index in [0.717, 1.165) is 24.3 Å². The molecule has 0 radical (unpaired) electrons. The predicted octanol–water partition coefficient (Wildman–Crippen LogP) is 1.85. The van der Waals surface area contributed by atoms with E-state index in [1.165, 1.54) is 5.56 Å². The van der Waals surface area contributed by atoms with Gasteiger partial charge in [0.05, 0.1) is 17.6 Å². The van der Waals surface area contributed by atoms with Gasteiger partial charge in [-0.15, -0.1) is 0 Å². The number of hydrogen-bond acceptors (Lipinski definition) is 3. The summed E-state index contributed by atoms with van der Waals surface area (Å²) >= 11 is 0. The third-order valence-corrected chi connectivity index (χ3v) is 2.68. The third kappa shape index (κ3) is 2.65. The molecule has 0 amide bonds. The Morgan fingerprint density at radius 2 is 2.06 bits per heavy atom. The lowest BCUT2D eigenvalue weighted by Gasteiger charge is -2.08.